The number of aliphatic carboxylic acids is 1. The monoisotopic (exact) mass is 414 g/mol. The van der Waals surface area contributed by atoms with Gasteiger partial charge in [-0.1, -0.05) is 34.1 Å². The van der Waals surface area contributed by atoms with Gasteiger partial charge in [-0.2, -0.15) is 0 Å². The van der Waals surface area contributed by atoms with Crippen molar-refractivity contribution in [2.24, 2.45) is 11.8 Å². The molecular formula is C19H34N4O6. The lowest BCUT2D eigenvalue weighted by atomic mass is 9.99. The number of carboxylic acid groups (broad SMARTS) is 1. The minimum atomic E-state index is -1.32. The number of carbonyl (C=O) groups is 4. The van der Waals surface area contributed by atoms with E-state index in [4.69, 9.17) is 0 Å². The number of aliphatic hydroxyl groups is 1. The smallest absolute Gasteiger partial charge is 0.326 e. The minimum Gasteiger partial charge on any atom is -0.480 e. The molecule has 5 unspecified atom stereocenters. The van der Waals surface area contributed by atoms with Gasteiger partial charge in [0.15, 0.2) is 0 Å². The zero-order chi connectivity index (χ0) is 22.1. The number of aliphatic hydroxyl groups excluding tert-OH is 1. The Morgan fingerprint density at radius 1 is 1.03 bits per heavy atom. The summed E-state index contributed by atoms with van der Waals surface area (Å²) in [7, 11) is 0. The first-order valence-corrected chi connectivity index (χ1v) is 10.1. The predicted octanol–water partition coefficient (Wildman–Crippen LogP) is -1.03. The fraction of sp³-hybridized carbons (Fsp3) is 0.789. The first kappa shape index (κ1) is 24.8. The van der Waals surface area contributed by atoms with Crippen molar-refractivity contribution >= 4 is 23.7 Å². The second-order valence-electron chi connectivity index (χ2n) is 7.83. The van der Waals surface area contributed by atoms with E-state index in [1.54, 1.807) is 27.7 Å². The highest BCUT2D eigenvalue weighted by Gasteiger charge is 2.33. The molecule has 0 aliphatic carbocycles. The Labute approximate surface area is 171 Å². The second kappa shape index (κ2) is 11.7. The van der Waals surface area contributed by atoms with E-state index in [1.165, 1.54) is 0 Å². The molecule has 10 heteroatoms. The van der Waals surface area contributed by atoms with Crippen LogP contribution in [0.2, 0.25) is 0 Å². The van der Waals surface area contributed by atoms with E-state index < -0.39 is 42.5 Å². The van der Waals surface area contributed by atoms with E-state index >= 15 is 0 Å². The second-order valence-corrected chi connectivity index (χ2v) is 7.83. The lowest BCUT2D eigenvalue weighted by molar-refractivity contribution is -0.144. The van der Waals surface area contributed by atoms with Crippen LogP contribution in [0.4, 0.5) is 0 Å². The number of carboxylic acids is 1. The average molecular weight is 415 g/mol. The summed E-state index contributed by atoms with van der Waals surface area (Å²) in [4.78, 5) is 48.8. The van der Waals surface area contributed by atoms with Gasteiger partial charge < -0.3 is 31.5 Å². The average Bonchev–Trinajstić information content (AvgIpc) is 3.21. The van der Waals surface area contributed by atoms with Crippen molar-refractivity contribution in [1.29, 1.82) is 0 Å². The summed E-state index contributed by atoms with van der Waals surface area (Å²) in [5.41, 5.74) is 0. The molecule has 1 fully saturated rings. The topological polar surface area (TPSA) is 157 Å². The van der Waals surface area contributed by atoms with Crippen LogP contribution in [0.1, 0.15) is 47.0 Å². The van der Waals surface area contributed by atoms with E-state index in [0.717, 1.165) is 13.0 Å². The molecule has 0 bridgehead atoms. The first-order valence-electron chi connectivity index (χ1n) is 10.1. The Balaban J connectivity index is 2.77. The van der Waals surface area contributed by atoms with Crippen molar-refractivity contribution in [3.8, 4) is 0 Å². The van der Waals surface area contributed by atoms with Gasteiger partial charge in [0.1, 0.15) is 18.1 Å². The van der Waals surface area contributed by atoms with Crippen LogP contribution in [0.5, 0.6) is 0 Å². The van der Waals surface area contributed by atoms with E-state index in [9.17, 15) is 29.4 Å². The van der Waals surface area contributed by atoms with Crippen molar-refractivity contribution in [1.82, 2.24) is 21.3 Å². The number of amides is 3. The van der Waals surface area contributed by atoms with E-state index in [1.807, 2.05) is 0 Å². The molecule has 10 nitrogen and oxygen atoms in total. The largest absolute Gasteiger partial charge is 0.480 e. The van der Waals surface area contributed by atoms with Gasteiger partial charge in [-0.25, -0.2) is 4.79 Å². The van der Waals surface area contributed by atoms with Gasteiger partial charge in [0.25, 0.3) is 0 Å². The number of hydrogen-bond acceptors (Lipinski definition) is 6. The van der Waals surface area contributed by atoms with Gasteiger partial charge in [0.2, 0.25) is 17.7 Å². The summed E-state index contributed by atoms with van der Waals surface area (Å²) in [6.07, 6.45) is 2.10. The lowest BCUT2D eigenvalue weighted by Gasteiger charge is -2.27. The molecule has 0 aromatic heterocycles. The number of rotatable bonds is 11. The van der Waals surface area contributed by atoms with Gasteiger partial charge >= 0.3 is 5.97 Å². The minimum absolute atomic E-state index is 0.255. The summed E-state index contributed by atoms with van der Waals surface area (Å²) in [5.74, 6) is -3.46. The Morgan fingerprint density at radius 2 is 1.69 bits per heavy atom. The molecule has 0 aromatic carbocycles. The third-order valence-corrected chi connectivity index (χ3v) is 5.22. The molecule has 5 atom stereocenters. The molecule has 1 aliphatic rings. The van der Waals surface area contributed by atoms with Crippen molar-refractivity contribution in [3.63, 3.8) is 0 Å². The van der Waals surface area contributed by atoms with Crippen molar-refractivity contribution < 1.29 is 29.4 Å². The zero-order valence-electron chi connectivity index (χ0n) is 17.5. The third-order valence-electron chi connectivity index (χ3n) is 5.22. The first-order chi connectivity index (χ1) is 13.6. The highest BCUT2D eigenvalue weighted by atomic mass is 16.4. The van der Waals surface area contributed by atoms with Gasteiger partial charge in [-0.3, -0.25) is 14.4 Å². The molecule has 1 rings (SSSR count). The maximum absolute atomic E-state index is 12.7. The van der Waals surface area contributed by atoms with Gasteiger partial charge in [0.05, 0.1) is 12.6 Å². The summed E-state index contributed by atoms with van der Waals surface area (Å²) in [6, 6.07) is -3.70. The molecule has 1 aliphatic heterocycles. The van der Waals surface area contributed by atoms with Crippen molar-refractivity contribution in [3.05, 3.63) is 0 Å². The number of carbonyl (C=O) groups excluding carboxylic acids is 3. The van der Waals surface area contributed by atoms with E-state index in [-0.39, 0.29) is 23.8 Å². The molecule has 3 amide bonds. The van der Waals surface area contributed by atoms with E-state index in [0.29, 0.717) is 12.8 Å². The van der Waals surface area contributed by atoms with Crippen LogP contribution < -0.4 is 21.3 Å². The Morgan fingerprint density at radius 3 is 2.14 bits per heavy atom. The van der Waals surface area contributed by atoms with Gasteiger partial charge in [-0.15, -0.1) is 0 Å². The highest BCUT2D eigenvalue weighted by Crippen LogP contribution is 2.10. The summed E-state index contributed by atoms with van der Waals surface area (Å²) in [5, 5.41) is 29.4. The van der Waals surface area contributed by atoms with Crippen LogP contribution in [-0.2, 0) is 19.2 Å². The summed E-state index contributed by atoms with van der Waals surface area (Å²) >= 11 is 0. The number of nitrogens with one attached hydrogen (secondary N) is 4. The van der Waals surface area contributed by atoms with Crippen LogP contribution in [0.25, 0.3) is 0 Å². The fourth-order valence-electron chi connectivity index (χ4n) is 3.09. The molecule has 0 saturated carbocycles. The standard InChI is InChI=1S/C19H34N4O6/c1-5-11(4)15(19(28)29)23-17(26)13(9-24)21-18(27)14(10(2)3)22-16(25)12-7-6-8-20-12/h10-15,20,24H,5-9H2,1-4H3,(H,21,27)(H,22,25)(H,23,26)(H,28,29). The predicted molar refractivity (Wildman–Crippen MR) is 106 cm³/mol. The maximum atomic E-state index is 12.7. The van der Waals surface area contributed by atoms with Gasteiger partial charge in [-0.05, 0) is 31.2 Å². The molecule has 29 heavy (non-hydrogen) atoms. The molecular weight excluding hydrogens is 380 g/mol. The number of hydrogen-bond donors (Lipinski definition) is 6. The van der Waals surface area contributed by atoms with Gasteiger partial charge in [0, 0.05) is 0 Å². The Kier molecular flexibility index (Phi) is 10.0. The van der Waals surface area contributed by atoms with Crippen LogP contribution in [0, 0.1) is 11.8 Å². The normalized spacial score (nSPS) is 20.4. The lowest BCUT2D eigenvalue weighted by Crippen LogP contribution is -2.59. The quantitative estimate of drug-likeness (QED) is 0.252. The molecule has 0 spiro atoms. The molecule has 0 aromatic rings. The summed E-state index contributed by atoms with van der Waals surface area (Å²) in [6.45, 7) is 7.03. The SMILES string of the molecule is CCC(C)C(NC(=O)C(CO)NC(=O)C(NC(=O)C1CCCN1)C(C)C)C(=O)O. The Hall–Kier alpha value is -2.20. The Bertz CT molecular complexity index is 591. The third kappa shape index (κ3) is 7.28. The molecule has 1 heterocycles. The molecule has 0 radical (unpaired) electrons. The molecule has 166 valence electrons. The van der Waals surface area contributed by atoms with Crippen LogP contribution in [-0.4, -0.2) is 71.2 Å². The molecule has 1 saturated heterocycles. The van der Waals surface area contributed by atoms with Crippen molar-refractivity contribution in [2.75, 3.05) is 13.2 Å². The van der Waals surface area contributed by atoms with Crippen LogP contribution in [0.15, 0.2) is 0 Å². The van der Waals surface area contributed by atoms with Crippen molar-refractivity contribution in [2.45, 2.75) is 71.1 Å². The fourth-order valence-corrected chi connectivity index (χ4v) is 3.09. The highest BCUT2D eigenvalue weighted by molar-refractivity contribution is 5.94. The van der Waals surface area contributed by atoms with E-state index in [2.05, 4.69) is 21.3 Å². The molecule has 6 N–H and O–H groups in total. The summed E-state index contributed by atoms with van der Waals surface area (Å²) < 4.78 is 0. The van der Waals surface area contributed by atoms with Crippen LogP contribution in [0.3, 0.4) is 0 Å². The van der Waals surface area contributed by atoms with Crippen LogP contribution >= 0.6 is 0 Å². The zero-order valence-corrected chi connectivity index (χ0v) is 17.5. The maximum Gasteiger partial charge on any atom is 0.326 e.